The number of carbonyl (C=O) groups excluding carboxylic acids is 2. The number of amides is 1. The lowest BCUT2D eigenvalue weighted by molar-refractivity contribution is -0.118. The van der Waals surface area contributed by atoms with E-state index in [4.69, 9.17) is 16.3 Å². The van der Waals surface area contributed by atoms with E-state index >= 15 is 0 Å². The highest BCUT2D eigenvalue weighted by molar-refractivity contribution is 7.20. The van der Waals surface area contributed by atoms with Crippen LogP contribution in [0, 0.1) is 13.8 Å². The van der Waals surface area contributed by atoms with E-state index in [-0.39, 0.29) is 11.5 Å². The van der Waals surface area contributed by atoms with Crippen LogP contribution >= 0.6 is 22.9 Å². The Morgan fingerprint density at radius 3 is 2.68 bits per heavy atom. The van der Waals surface area contributed by atoms with Crippen LogP contribution in [-0.4, -0.2) is 28.5 Å². The molecule has 0 saturated heterocycles. The zero-order valence-corrected chi connectivity index (χ0v) is 17.3. The van der Waals surface area contributed by atoms with E-state index in [2.05, 4.69) is 10.3 Å². The number of fused-ring (bicyclic) bond motifs is 1. The third-order valence-electron chi connectivity index (χ3n) is 4.57. The molecule has 7 nitrogen and oxygen atoms in total. The molecule has 0 aliphatic rings. The van der Waals surface area contributed by atoms with Gasteiger partial charge in [0.25, 0.3) is 5.56 Å². The molecule has 0 bridgehead atoms. The molecule has 9 heteroatoms. The monoisotopic (exact) mass is 419 g/mol. The van der Waals surface area contributed by atoms with Gasteiger partial charge in [0.1, 0.15) is 15.7 Å². The van der Waals surface area contributed by atoms with Crippen LogP contribution in [0.3, 0.4) is 0 Å². The molecule has 0 aliphatic carbocycles. The number of halogens is 1. The number of esters is 1. The first kappa shape index (κ1) is 20.0. The molecule has 1 amide bonds. The van der Waals surface area contributed by atoms with Crippen molar-refractivity contribution in [3.8, 4) is 0 Å². The van der Waals surface area contributed by atoms with E-state index < -0.39 is 12.0 Å². The molecule has 0 saturated carbocycles. The SMILES string of the molecule is COC(=O)c1sc2ncn(C(C)C(=O)Nc3cccc(Cl)c3C)c(=O)c2c1C. The number of hydrogen-bond acceptors (Lipinski definition) is 6. The molecule has 2 heterocycles. The molecule has 1 atom stereocenters. The van der Waals surface area contributed by atoms with Crippen molar-refractivity contribution < 1.29 is 14.3 Å². The van der Waals surface area contributed by atoms with Crippen molar-refractivity contribution in [2.45, 2.75) is 26.8 Å². The van der Waals surface area contributed by atoms with E-state index in [9.17, 15) is 14.4 Å². The summed E-state index contributed by atoms with van der Waals surface area (Å²) in [7, 11) is 1.28. The number of nitrogens with one attached hydrogen (secondary N) is 1. The fourth-order valence-electron chi connectivity index (χ4n) is 2.81. The maximum Gasteiger partial charge on any atom is 0.348 e. The van der Waals surface area contributed by atoms with Gasteiger partial charge in [0.2, 0.25) is 5.91 Å². The van der Waals surface area contributed by atoms with E-state index in [0.717, 1.165) is 16.9 Å². The summed E-state index contributed by atoms with van der Waals surface area (Å²) in [6.07, 6.45) is 1.32. The maximum absolute atomic E-state index is 13.0. The third-order valence-corrected chi connectivity index (χ3v) is 6.16. The van der Waals surface area contributed by atoms with Crippen molar-refractivity contribution in [2.24, 2.45) is 0 Å². The van der Waals surface area contributed by atoms with Crippen LogP contribution < -0.4 is 10.9 Å². The summed E-state index contributed by atoms with van der Waals surface area (Å²) >= 11 is 7.18. The van der Waals surface area contributed by atoms with Gasteiger partial charge in [-0.2, -0.15) is 0 Å². The van der Waals surface area contributed by atoms with Gasteiger partial charge in [-0.25, -0.2) is 9.78 Å². The molecule has 0 aliphatic heterocycles. The highest BCUT2D eigenvalue weighted by Gasteiger charge is 2.23. The quantitative estimate of drug-likeness (QED) is 0.651. The Hall–Kier alpha value is -2.71. The van der Waals surface area contributed by atoms with Crippen LogP contribution in [0.2, 0.25) is 5.02 Å². The normalized spacial score (nSPS) is 12.0. The summed E-state index contributed by atoms with van der Waals surface area (Å²) in [6, 6.07) is 4.39. The lowest BCUT2D eigenvalue weighted by Crippen LogP contribution is -2.32. The second-order valence-electron chi connectivity index (χ2n) is 6.26. The van der Waals surface area contributed by atoms with Crippen LogP contribution in [-0.2, 0) is 9.53 Å². The van der Waals surface area contributed by atoms with Gasteiger partial charge < -0.3 is 10.1 Å². The van der Waals surface area contributed by atoms with Gasteiger partial charge in [-0.05, 0) is 44.0 Å². The minimum absolute atomic E-state index is 0.312. The third kappa shape index (κ3) is 3.41. The average molecular weight is 420 g/mol. The molecule has 0 spiro atoms. The zero-order chi connectivity index (χ0) is 20.6. The molecule has 146 valence electrons. The molecule has 3 rings (SSSR count). The fraction of sp³-hybridized carbons (Fsp3) is 0.263. The van der Waals surface area contributed by atoms with Gasteiger partial charge in [-0.1, -0.05) is 17.7 Å². The molecular formula is C19H18ClN3O4S. The number of anilines is 1. The van der Waals surface area contributed by atoms with Crippen LogP contribution in [0.25, 0.3) is 10.2 Å². The molecule has 1 unspecified atom stereocenters. The number of hydrogen-bond donors (Lipinski definition) is 1. The van der Waals surface area contributed by atoms with Crippen molar-refractivity contribution in [3.63, 3.8) is 0 Å². The van der Waals surface area contributed by atoms with Gasteiger partial charge in [0.15, 0.2) is 0 Å². The predicted octanol–water partition coefficient (Wildman–Crippen LogP) is 3.71. The Morgan fingerprint density at radius 1 is 1.29 bits per heavy atom. The number of thiophene rings is 1. The maximum atomic E-state index is 13.0. The predicted molar refractivity (Wildman–Crippen MR) is 109 cm³/mol. The summed E-state index contributed by atoms with van der Waals surface area (Å²) in [5.41, 5.74) is 1.42. The Labute approximate surface area is 169 Å². The van der Waals surface area contributed by atoms with E-state index in [1.165, 1.54) is 18.0 Å². The topological polar surface area (TPSA) is 90.3 Å². The minimum Gasteiger partial charge on any atom is -0.465 e. The van der Waals surface area contributed by atoms with Crippen molar-refractivity contribution in [2.75, 3.05) is 12.4 Å². The van der Waals surface area contributed by atoms with E-state index in [1.54, 1.807) is 39.0 Å². The fourth-order valence-corrected chi connectivity index (χ4v) is 4.04. The first-order valence-corrected chi connectivity index (χ1v) is 9.60. The lowest BCUT2D eigenvalue weighted by atomic mass is 10.2. The molecule has 1 aromatic carbocycles. The number of aryl methyl sites for hydroxylation is 1. The second-order valence-corrected chi connectivity index (χ2v) is 7.67. The van der Waals surface area contributed by atoms with Gasteiger partial charge in [0, 0.05) is 10.7 Å². The molecule has 0 fully saturated rings. The summed E-state index contributed by atoms with van der Waals surface area (Å²) < 4.78 is 6.00. The van der Waals surface area contributed by atoms with E-state index in [0.29, 0.717) is 31.4 Å². The largest absolute Gasteiger partial charge is 0.465 e. The van der Waals surface area contributed by atoms with Crippen molar-refractivity contribution >= 4 is 50.7 Å². The van der Waals surface area contributed by atoms with Gasteiger partial charge >= 0.3 is 5.97 Å². The summed E-state index contributed by atoms with van der Waals surface area (Å²) in [4.78, 5) is 42.6. The molecule has 2 aromatic heterocycles. The summed E-state index contributed by atoms with van der Waals surface area (Å²) in [6.45, 7) is 5.07. The zero-order valence-electron chi connectivity index (χ0n) is 15.7. The highest BCUT2D eigenvalue weighted by atomic mass is 35.5. The Bertz CT molecular complexity index is 1150. The smallest absolute Gasteiger partial charge is 0.348 e. The van der Waals surface area contributed by atoms with Crippen LogP contribution in [0.1, 0.15) is 33.8 Å². The molecule has 0 radical (unpaired) electrons. The van der Waals surface area contributed by atoms with Gasteiger partial charge in [-0.15, -0.1) is 11.3 Å². The highest BCUT2D eigenvalue weighted by Crippen LogP contribution is 2.28. The molecule has 1 N–H and O–H groups in total. The van der Waals surface area contributed by atoms with E-state index in [1.807, 2.05) is 0 Å². The molecule has 3 aromatic rings. The lowest BCUT2D eigenvalue weighted by Gasteiger charge is -2.16. The average Bonchev–Trinajstić information content (AvgIpc) is 3.02. The van der Waals surface area contributed by atoms with Crippen LogP contribution in [0.4, 0.5) is 5.69 Å². The van der Waals surface area contributed by atoms with Gasteiger partial charge in [0.05, 0.1) is 18.8 Å². The Balaban J connectivity index is 1.98. The van der Waals surface area contributed by atoms with Crippen LogP contribution in [0.15, 0.2) is 29.3 Å². The van der Waals surface area contributed by atoms with Crippen molar-refractivity contribution in [3.05, 3.63) is 55.9 Å². The minimum atomic E-state index is -0.816. The summed E-state index contributed by atoms with van der Waals surface area (Å²) in [5, 5.41) is 3.64. The standard InChI is InChI=1S/C19H18ClN3O4S/c1-9-12(20)6-5-7-13(9)22-16(24)11(3)23-8-21-17-14(18(23)25)10(2)15(28-17)19(26)27-4/h5-8,11H,1-4H3,(H,22,24). The first-order chi connectivity index (χ1) is 13.3. The van der Waals surface area contributed by atoms with Crippen molar-refractivity contribution in [1.29, 1.82) is 0 Å². The number of aromatic nitrogens is 2. The number of carbonyl (C=O) groups is 2. The number of ether oxygens (including phenoxy) is 1. The molecular weight excluding hydrogens is 402 g/mol. The number of nitrogens with zero attached hydrogens (tertiary/aromatic N) is 2. The number of methoxy groups -OCH3 is 1. The second kappa shape index (κ2) is 7.73. The van der Waals surface area contributed by atoms with Crippen molar-refractivity contribution in [1.82, 2.24) is 9.55 Å². The Morgan fingerprint density at radius 2 is 2.00 bits per heavy atom. The first-order valence-electron chi connectivity index (χ1n) is 8.40. The van der Waals surface area contributed by atoms with Gasteiger partial charge in [-0.3, -0.25) is 14.2 Å². The molecule has 28 heavy (non-hydrogen) atoms. The Kier molecular flexibility index (Phi) is 5.53. The summed E-state index contributed by atoms with van der Waals surface area (Å²) in [5.74, 6) is -0.900. The number of benzene rings is 1. The number of rotatable bonds is 4. The van der Waals surface area contributed by atoms with Crippen LogP contribution in [0.5, 0.6) is 0 Å².